The van der Waals surface area contributed by atoms with Crippen LogP contribution in [0.4, 0.5) is 0 Å². The molecule has 1 aromatic heterocycles. The van der Waals surface area contributed by atoms with Crippen molar-refractivity contribution in [3.05, 3.63) is 58.4 Å². The van der Waals surface area contributed by atoms with E-state index in [1.165, 1.54) is 0 Å². The molecule has 0 atom stereocenters. The first-order chi connectivity index (χ1) is 15.0. The van der Waals surface area contributed by atoms with Gasteiger partial charge in [0.05, 0.1) is 38.3 Å². The molecule has 1 heterocycles. The van der Waals surface area contributed by atoms with Gasteiger partial charge in [0, 0.05) is 12.4 Å². The van der Waals surface area contributed by atoms with E-state index in [-0.39, 0.29) is 5.56 Å². The molecule has 2 aromatic carbocycles. The monoisotopic (exact) mass is 442 g/mol. The number of hydrogen-bond donors (Lipinski definition) is 0. The van der Waals surface area contributed by atoms with Crippen molar-refractivity contribution in [3.8, 4) is 11.5 Å². The van der Waals surface area contributed by atoms with Gasteiger partial charge in [-0.15, -0.1) is 0 Å². The van der Waals surface area contributed by atoms with Crippen LogP contribution in [-0.4, -0.2) is 42.7 Å². The average molecular weight is 443 g/mol. The Morgan fingerprint density at radius 3 is 2.55 bits per heavy atom. The molecule has 0 aliphatic carbocycles. The molecule has 0 amide bonds. The fourth-order valence-corrected chi connectivity index (χ4v) is 4.02. The third-order valence-corrected chi connectivity index (χ3v) is 5.85. The SMILES string of the molecule is COc1ccc(Cn2c(SCCOCCC(C)C)nc3ccccc3c2=O)cc1OC. The highest BCUT2D eigenvalue weighted by Gasteiger charge is 2.13. The third-order valence-electron chi connectivity index (χ3n) is 4.91. The Hall–Kier alpha value is -2.51. The minimum absolute atomic E-state index is 0.0522. The van der Waals surface area contributed by atoms with E-state index in [1.54, 1.807) is 30.5 Å². The van der Waals surface area contributed by atoms with Crippen molar-refractivity contribution >= 4 is 22.7 Å². The van der Waals surface area contributed by atoms with Gasteiger partial charge < -0.3 is 14.2 Å². The number of para-hydroxylation sites is 1. The summed E-state index contributed by atoms with van der Waals surface area (Å²) in [6.07, 6.45) is 1.04. The second kappa shape index (κ2) is 11.2. The van der Waals surface area contributed by atoms with Crippen LogP contribution >= 0.6 is 11.8 Å². The Morgan fingerprint density at radius 2 is 1.81 bits per heavy atom. The summed E-state index contributed by atoms with van der Waals surface area (Å²) in [5.74, 6) is 2.65. The number of nitrogens with zero attached hydrogens (tertiary/aromatic N) is 2. The maximum absolute atomic E-state index is 13.3. The topological polar surface area (TPSA) is 62.6 Å². The number of rotatable bonds is 11. The molecule has 0 aliphatic heterocycles. The van der Waals surface area contributed by atoms with Crippen molar-refractivity contribution in [2.45, 2.75) is 32.0 Å². The van der Waals surface area contributed by atoms with Gasteiger partial charge in [0.1, 0.15) is 0 Å². The van der Waals surface area contributed by atoms with Crippen molar-refractivity contribution in [2.75, 3.05) is 33.2 Å². The lowest BCUT2D eigenvalue weighted by molar-refractivity contribution is 0.138. The largest absolute Gasteiger partial charge is 0.493 e. The first kappa shape index (κ1) is 23.2. The standard InChI is InChI=1S/C24H30N2O4S/c1-17(2)11-12-30-13-14-31-24-25-20-8-6-5-7-19(20)23(27)26(24)16-18-9-10-21(28-3)22(15-18)29-4/h5-10,15,17H,11-14,16H2,1-4H3. The van der Waals surface area contributed by atoms with Crippen molar-refractivity contribution < 1.29 is 14.2 Å². The quantitative estimate of drug-likeness (QED) is 0.245. The second-order valence-electron chi connectivity index (χ2n) is 7.64. The van der Waals surface area contributed by atoms with Crippen LogP contribution in [-0.2, 0) is 11.3 Å². The van der Waals surface area contributed by atoms with Gasteiger partial charge in [0.25, 0.3) is 5.56 Å². The normalized spacial score (nSPS) is 11.3. The number of aromatic nitrogens is 2. The van der Waals surface area contributed by atoms with Crippen LogP contribution in [0.25, 0.3) is 10.9 Å². The molecule has 0 aliphatic rings. The van der Waals surface area contributed by atoms with E-state index in [2.05, 4.69) is 13.8 Å². The number of benzene rings is 2. The van der Waals surface area contributed by atoms with Crippen LogP contribution in [0.15, 0.2) is 52.4 Å². The Labute approximate surface area is 187 Å². The van der Waals surface area contributed by atoms with Gasteiger partial charge in [0.15, 0.2) is 16.7 Å². The minimum Gasteiger partial charge on any atom is -0.493 e. The molecule has 0 spiro atoms. The van der Waals surface area contributed by atoms with E-state index in [0.29, 0.717) is 46.6 Å². The van der Waals surface area contributed by atoms with Crippen LogP contribution in [0, 0.1) is 5.92 Å². The first-order valence-corrected chi connectivity index (χ1v) is 11.4. The lowest BCUT2D eigenvalue weighted by atomic mass is 10.1. The summed E-state index contributed by atoms with van der Waals surface area (Å²) in [5.41, 5.74) is 1.59. The molecule has 0 fully saturated rings. The summed E-state index contributed by atoms with van der Waals surface area (Å²) in [6.45, 7) is 6.14. The smallest absolute Gasteiger partial charge is 0.262 e. The van der Waals surface area contributed by atoms with Crippen molar-refractivity contribution in [1.82, 2.24) is 9.55 Å². The van der Waals surface area contributed by atoms with E-state index in [9.17, 15) is 4.79 Å². The summed E-state index contributed by atoms with van der Waals surface area (Å²) < 4.78 is 18.2. The Morgan fingerprint density at radius 1 is 1.03 bits per heavy atom. The Balaban J connectivity index is 1.85. The zero-order valence-corrected chi connectivity index (χ0v) is 19.4. The zero-order chi connectivity index (χ0) is 22.2. The van der Waals surface area contributed by atoms with Crippen LogP contribution in [0.2, 0.25) is 0 Å². The molecule has 0 saturated carbocycles. The van der Waals surface area contributed by atoms with Gasteiger partial charge in [-0.1, -0.05) is 43.8 Å². The maximum Gasteiger partial charge on any atom is 0.262 e. The zero-order valence-electron chi connectivity index (χ0n) is 18.6. The molecule has 166 valence electrons. The number of thioether (sulfide) groups is 1. The third kappa shape index (κ3) is 6.02. The molecule has 6 nitrogen and oxygen atoms in total. The number of methoxy groups -OCH3 is 2. The Kier molecular flexibility index (Phi) is 8.37. The molecular formula is C24H30N2O4S. The van der Waals surface area contributed by atoms with Gasteiger partial charge in [0.2, 0.25) is 0 Å². The molecule has 7 heteroatoms. The summed E-state index contributed by atoms with van der Waals surface area (Å²) in [7, 11) is 3.21. The molecule has 0 N–H and O–H groups in total. The first-order valence-electron chi connectivity index (χ1n) is 10.4. The summed E-state index contributed by atoms with van der Waals surface area (Å²) in [4.78, 5) is 18.0. The lowest BCUT2D eigenvalue weighted by Crippen LogP contribution is -2.24. The predicted octanol–water partition coefficient (Wildman–Crippen LogP) is 4.62. The minimum atomic E-state index is -0.0522. The van der Waals surface area contributed by atoms with Gasteiger partial charge >= 0.3 is 0 Å². The van der Waals surface area contributed by atoms with Crippen molar-refractivity contribution in [1.29, 1.82) is 0 Å². The Bertz CT molecular complexity index is 1070. The highest BCUT2D eigenvalue weighted by molar-refractivity contribution is 7.99. The van der Waals surface area contributed by atoms with Crippen LogP contribution in [0.3, 0.4) is 0 Å². The van der Waals surface area contributed by atoms with E-state index >= 15 is 0 Å². The molecule has 3 aromatic rings. The second-order valence-corrected chi connectivity index (χ2v) is 8.70. The molecular weight excluding hydrogens is 412 g/mol. The molecule has 0 unspecified atom stereocenters. The highest BCUT2D eigenvalue weighted by Crippen LogP contribution is 2.28. The van der Waals surface area contributed by atoms with Crippen LogP contribution < -0.4 is 15.0 Å². The average Bonchev–Trinajstić information content (AvgIpc) is 2.78. The van der Waals surface area contributed by atoms with E-state index < -0.39 is 0 Å². The van der Waals surface area contributed by atoms with Gasteiger partial charge in [-0.05, 0) is 42.2 Å². The number of ether oxygens (including phenoxy) is 3. The summed E-state index contributed by atoms with van der Waals surface area (Å²) >= 11 is 1.54. The van der Waals surface area contributed by atoms with Gasteiger partial charge in [-0.3, -0.25) is 9.36 Å². The van der Waals surface area contributed by atoms with E-state index in [0.717, 1.165) is 24.3 Å². The highest BCUT2D eigenvalue weighted by atomic mass is 32.2. The van der Waals surface area contributed by atoms with Gasteiger partial charge in [-0.25, -0.2) is 4.98 Å². The van der Waals surface area contributed by atoms with Gasteiger partial charge in [-0.2, -0.15) is 0 Å². The lowest BCUT2D eigenvalue weighted by Gasteiger charge is -2.15. The van der Waals surface area contributed by atoms with E-state index in [4.69, 9.17) is 19.2 Å². The molecule has 31 heavy (non-hydrogen) atoms. The fraction of sp³-hybridized carbons (Fsp3) is 0.417. The predicted molar refractivity (Wildman–Crippen MR) is 126 cm³/mol. The van der Waals surface area contributed by atoms with E-state index in [1.807, 2.05) is 42.5 Å². The van der Waals surface area contributed by atoms with Crippen molar-refractivity contribution in [3.63, 3.8) is 0 Å². The summed E-state index contributed by atoms with van der Waals surface area (Å²) in [6, 6.07) is 13.1. The maximum atomic E-state index is 13.3. The molecule has 0 saturated heterocycles. The molecule has 3 rings (SSSR count). The molecule has 0 radical (unpaired) electrons. The van der Waals surface area contributed by atoms with Crippen molar-refractivity contribution in [2.24, 2.45) is 5.92 Å². The fourth-order valence-electron chi connectivity index (χ4n) is 3.17. The summed E-state index contributed by atoms with van der Waals surface area (Å²) in [5, 5.41) is 1.30. The van der Waals surface area contributed by atoms with Crippen LogP contribution in [0.5, 0.6) is 11.5 Å². The number of fused-ring (bicyclic) bond motifs is 1. The van der Waals surface area contributed by atoms with Crippen LogP contribution in [0.1, 0.15) is 25.8 Å². The number of hydrogen-bond acceptors (Lipinski definition) is 6. The molecule has 0 bridgehead atoms.